The van der Waals surface area contributed by atoms with Crippen molar-refractivity contribution in [3.8, 4) is 22.5 Å². The third kappa shape index (κ3) is 5.22. The molecule has 2 aromatic carbocycles. The van der Waals surface area contributed by atoms with Crippen LogP contribution in [0.3, 0.4) is 0 Å². The van der Waals surface area contributed by atoms with E-state index in [1.807, 2.05) is 79.9 Å². The van der Waals surface area contributed by atoms with E-state index in [1.54, 1.807) is 6.20 Å². The average molecular weight is 634 g/mol. The van der Waals surface area contributed by atoms with E-state index in [2.05, 4.69) is 47.0 Å². The molecule has 35 heavy (non-hydrogen) atoms. The van der Waals surface area contributed by atoms with Crippen LogP contribution >= 0.6 is 0 Å². The zero-order chi connectivity index (χ0) is 23.5. The van der Waals surface area contributed by atoms with Crippen LogP contribution in [0, 0.1) is 32.9 Å². The molecule has 0 aliphatic rings. The third-order valence-electron chi connectivity index (χ3n) is 5.72. The van der Waals surface area contributed by atoms with Crippen molar-refractivity contribution in [3.63, 3.8) is 0 Å². The third-order valence-corrected chi connectivity index (χ3v) is 5.72. The normalized spacial score (nSPS) is 10.5. The van der Waals surface area contributed by atoms with Gasteiger partial charge in [0.2, 0.25) is 5.71 Å². The molecule has 0 N–H and O–H groups in total. The molecular weight excluding hydrogens is 611 g/mol. The monoisotopic (exact) mass is 634 g/mol. The van der Waals surface area contributed by atoms with E-state index < -0.39 is 0 Å². The predicted octanol–water partition coefficient (Wildman–Crippen LogP) is 7.31. The van der Waals surface area contributed by atoms with Crippen LogP contribution in [0.2, 0.25) is 0 Å². The molecule has 4 nitrogen and oxygen atoms in total. The van der Waals surface area contributed by atoms with Crippen LogP contribution in [0.1, 0.15) is 16.8 Å². The molecular formula is C30H23IrN3O-2. The molecule has 1 radical (unpaired) electrons. The van der Waals surface area contributed by atoms with Crippen LogP contribution in [0.15, 0.2) is 89.6 Å². The summed E-state index contributed by atoms with van der Waals surface area (Å²) in [6.45, 7) is 6.13. The Bertz CT molecular complexity index is 1580. The van der Waals surface area contributed by atoms with E-state index in [-0.39, 0.29) is 20.1 Å². The van der Waals surface area contributed by atoms with Crippen molar-refractivity contribution < 1.29 is 24.5 Å². The molecule has 0 atom stereocenters. The van der Waals surface area contributed by atoms with Crippen molar-refractivity contribution in [2.45, 2.75) is 20.8 Å². The maximum Gasteiger partial charge on any atom is 0.216 e. The summed E-state index contributed by atoms with van der Waals surface area (Å²) >= 11 is 0. The van der Waals surface area contributed by atoms with Gasteiger partial charge in [-0.2, -0.15) is 0 Å². The van der Waals surface area contributed by atoms with Crippen LogP contribution in [-0.2, 0) is 20.1 Å². The molecule has 0 saturated heterocycles. The minimum atomic E-state index is 0. The minimum absolute atomic E-state index is 0. The predicted molar refractivity (Wildman–Crippen MR) is 136 cm³/mol. The van der Waals surface area contributed by atoms with Gasteiger partial charge in [-0.25, -0.2) is 4.98 Å². The fourth-order valence-corrected chi connectivity index (χ4v) is 3.74. The molecule has 0 bridgehead atoms. The zero-order valence-electron chi connectivity index (χ0n) is 19.7. The van der Waals surface area contributed by atoms with Gasteiger partial charge in [-0.15, -0.1) is 54.1 Å². The van der Waals surface area contributed by atoms with Crippen molar-refractivity contribution >= 4 is 22.1 Å². The minimum Gasteiger partial charge on any atom is -0.486 e. The average Bonchev–Trinajstić information content (AvgIpc) is 3.25. The Hall–Kier alpha value is -3.66. The first-order valence-electron chi connectivity index (χ1n) is 11.1. The van der Waals surface area contributed by atoms with Gasteiger partial charge in [0.25, 0.3) is 0 Å². The quantitative estimate of drug-likeness (QED) is 0.188. The topological polar surface area (TPSA) is 51.8 Å². The van der Waals surface area contributed by atoms with Crippen molar-refractivity contribution in [1.82, 2.24) is 15.0 Å². The van der Waals surface area contributed by atoms with E-state index in [0.29, 0.717) is 5.71 Å². The second kappa shape index (κ2) is 10.7. The summed E-state index contributed by atoms with van der Waals surface area (Å²) in [6, 6.07) is 30.1. The number of hydrogen-bond acceptors (Lipinski definition) is 4. The summed E-state index contributed by atoms with van der Waals surface area (Å²) in [6.07, 6.45) is 3.68. The van der Waals surface area contributed by atoms with Gasteiger partial charge < -0.3 is 14.4 Å². The molecule has 4 heterocycles. The van der Waals surface area contributed by atoms with Gasteiger partial charge in [0.15, 0.2) is 0 Å². The Kier molecular flexibility index (Phi) is 7.50. The van der Waals surface area contributed by atoms with Gasteiger partial charge in [0.1, 0.15) is 0 Å². The summed E-state index contributed by atoms with van der Waals surface area (Å²) in [5, 5.41) is 2.07. The van der Waals surface area contributed by atoms with Crippen molar-refractivity contribution in [2.75, 3.05) is 0 Å². The van der Waals surface area contributed by atoms with Crippen molar-refractivity contribution in [1.29, 1.82) is 0 Å². The van der Waals surface area contributed by atoms with Crippen molar-refractivity contribution in [3.05, 3.63) is 114 Å². The van der Waals surface area contributed by atoms with Crippen LogP contribution in [0.5, 0.6) is 0 Å². The van der Waals surface area contributed by atoms with Crippen LogP contribution in [-0.4, -0.2) is 15.0 Å². The number of aromatic nitrogens is 3. The van der Waals surface area contributed by atoms with Crippen molar-refractivity contribution in [2.24, 2.45) is 0 Å². The number of rotatable bonds is 2. The number of hydrogen-bond donors (Lipinski definition) is 0. The molecule has 0 spiro atoms. The molecule has 5 heteroatoms. The molecule has 0 saturated carbocycles. The number of nitrogens with zero attached hydrogens (tertiary/aromatic N) is 3. The standard InChI is InChI=1S/C17H11N2O.C13H12N.Ir/c1-11-8-9-13-12-5-4-6-14(15-7-2-3-10-18-15)16(12)20-17(13)19-11;1-10-8-13(14-9-11(10)2)12-6-4-3-5-7-12;/h2-5,7-10H,1H3;3-6,8-9H,1-2H3;/q2*-1;. The first-order chi connectivity index (χ1) is 16.6. The maximum absolute atomic E-state index is 5.94. The summed E-state index contributed by atoms with van der Waals surface area (Å²) < 4.78 is 5.94. The number of pyridine rings is 3. The van der Waals surface area contributed by atoms with E-state index in [4.69, 9.17) is 4.42 Å². The number of fused-ring (bicyclic) bond motifs is 3. The van der Waals surface area contributed by atoms with Crippen LogP contribution in [0.4, 0.5) is 0 Å². The molecule has 0 aliphatic heterocycles. The molecule has 6 rings (SSSR count). The van der Waals surface area contributed by atoms with Gasteiger partial charge in [0, 0.05) is 43.6 Å². The molecule has 175 valence electrons. The molecule has 4 aromatic heterocycles. The largest absolute Gasteiger partial charge is 0.486 e. The molecule has 0 unspecified atom stereocenters. The SMILES string of the molecule is Cc1ccc2c(n1)oc1c(-c3ccccn3)[c-]ccc12.Cc1cnc(-c2[c-]cccc2)cc1C.[Ir]. The molecule has 0 amide bonds. The van der Waals surface area contributed by atoms with Gasteiger partial charge in [-0.3, -0.25) is 0 Å². The number of aryl methyl sites for hydroxylation is 3. The fourth-order valence-electron chi connectivity index (χ4n) is 3.74. The van der Waals surface area contributed by atoms with Gasteiger partial charge in [-0.05, 0) is 55.9 Å². The summed E-state index contributed by atoms with van der Waals surface area (Å²) in [7, 11) is 0. The smallest absolute Gasteiger partial charge is 0.216 e. The van der Waals surface area contributed by atoms with Crippen LogP contribution in [0.25, 0.3) is 44.6 Å². The van der Waals surface area contributed by atoms with Gasteiger partial charge in [-0.1, -0.05) is 34.7 Å². The molecule has 0 fully saturated rings. The zero-order valence-corrected chi connectivity index (χ0v) is 22.1. The van der Waals surface area contributed by atoms with E-state index in [9.17, 15) is 0 Å². The summed E-state index contributed by atoms with van der Waals surface area (Å²) in [5.74, 6) is 0. The van der Waals surface area contributed by atoms with Crippen LogP contribution < -0.4 is 0 Å². The Morgan fingerprint density at radius 2 is 1.60 bits per heavy atom. The first-order valence-corrected chi connectivity index (χ1v) is 11.1. The first kappa shape index (κ1) is 24.5. The van der Waals surface area contributed by atoms with Gasteiger partial charge >= 0.3 is 0 Å². The number of benzene rings is 2. The second-order valence-electron chi connectivity index (χ2n) is 8.15. The van der Waals surface area contributed by atoms with E-state index in [0.717, 1.165) is 44.6 Å². The Morgan fingerprint density at radius 3 is 2.34 bits per heavy atom. The van der Waals surface area contributed by atoms with E-state index in [1.165, 1.54) is 11.1 Å². The van der Waals surface area contributed by atoms with Gasteiger partial charge in [0.05, 0.1) is 5.58 Å². The summed E-state index contributed by atoms with van der Waals surface area (Å²) in [4.78, 5) is 13.2. The Morgan fingerprint density at radius 1 is 0.743 bits per heavy atom. The maximum atomic E-state index is 5.94. The number of furan rings is 1. The second-order valence-corrected chi connectivity index (χ2v) is 8.15. The molecule has 6 aromatic rings. The summed E-state index contributed by atoms with van der Waals surface area (Å²) in [5.41, 5.74) is 8.67. The fraction of sp³-hybridized carbons (Fsp3) is 0.100. The molecule has 0 aliphatic carbocycles. The Labute approximate surface area is 218 Å². The van der Waals surface area contributed by atoms with E-state index >= 15 is 0 Å². The Balaban J connectivity index is 0.000000171.